The van der Waals surface area contributed by atoms with E-state index < -0.39 is 0 Å². The number of nitrogens with one attached hydrogen (secondary N) is 2. The second kappa shape index (κ2) is 8.62. The predicted octanol–water partition coefficient (Wildman–Crippen LogP) is 3.70. The Hall–Kier alpha value is -2.95. The van der Waals surface area contributed by atoms with Crippen molar-refractivity contribution in [2.75, 3.05) is 30.9 Å². The molecule has 0 aliphatic rings. The lowest BCUT2D eigenvalue weighted by atomic mass is 10.3. The molecular formula is C19H22N2O3. The Morgan fingerprint density at radius 3 is 2.50 bits per heavy atom. The van der Waals surface area contributed by atoms with E-state index in [0.29, 0.717) is 18.0 Å². The van der Waals surface area contributed by atoms with Gasteiger partial charge in [-0.25, -0.2) is 0 Å². The fraction of sp³-hybridized carbons (Fsp3) is 0.211. The fourth-order valence-electron chi connectivity index (χ4n) is 1.96. The van der Waals surface area contributed by atoms with Crippen molar-refractivity contribution in [2.45, 2.75) is 6.92 Å². The van der Waals surface area contributed by atoms with Crippen molar-refractivity contribution in [2.24, 2.45) is 0 Å². The second-order valence-corrected chi connectivity index (χ2v) is 5.40. The van der Waals surface area contributed by atoms with Crippen molar-refractivity contribution < 1.29 is 14.3 Å². The van der Waals surface area contributed by atoms with Crippen LogP contribution in [0.1, 0.15) is 6.92 Å². The normalized spacial score (nSPS) is 9.92. The molecule has 0 atom stereocenters. The largest absolute Gasteiger partial charge is 0.497 e. The van der Waals surface area contributed by atoms with Crippen LogP contribution in [0.3, 0.4) is 0 Å². The van der Waals surface area contributed by atoms with E-state index in [0.717, 1.165) is 17.0 Å². The number of carbonyl (C=O) groups is 1. The zero-order valence-electron chi connectivity index (χ0n) is 14.0. The minimum atomic E-state index is -0.133. The van der Waals surface area contributed by atoms with Crippen molar-refractivity contribution in [1.82, 2.24) is 0 Å². The quantitative estimate of drug-likeness (QED) is 0.726. The van der Waals surface area contributed by atoms with Crippen LogP contribution in [0.25, 0.3) is 0 Å². The maximum Gasteiger partial charge on any atom is 0.243 e. The molecule has 0 heterocycles. The van der Waals surface area contributed by atoms with Gasteiger partial charge in [0.2, 0.25) is 5.91 Å². The molecule has 24 heavy (non-hydrogen) atoms. The highest BCUT2D eigenvalue weighted by Gasteiger charge is 2.03. The number of methoxy groups -OCH3 is 1. The summed E-state index contributed by atoms with van der Waals surface area (Å²) in [5.41, 5.74) is 2.51. The molecule has 0 spiro atoms. The first-order valence-corrected chi connectivity index (χ1v) is 7.62. The zero-order chi connectivity index (χ0) is 17.4. The summed E-state index contributed by atoms with van der Waals surface area (Å²) >= 11 is 0. The van der Waals surface area contributed by atoms with Crippen LogP contribution in [0.4, 0.5) is 11.4 Å². The van der Waals surface area contributed by atoms with E-state index in [1.165, 1.54) is 0 Å². The van der Waals surface area contributed by atoms with Crippen LogP contribution in [-0.4, -0.2) is 26.2 Å². The van der Waals surface area contributed by atoms with Crippen molar-refractivity contribution in [3.63, 3.8) is 0 Å². The summed E-state index contributed by atoms with van der Waals surface area (Å²) < 4.78 is 10.7. The third-order valence-corrected chi connectivity index (χ3v) is 3.15. The van der Waals surface area contributed by atoms with Crippen LogP contribution in [0.5, 0.6) is 11.5 Å². The zero-order valence-corrected chi connectivity index (χ0v) is 14.0. The van der Waals surface area contributed by atoms with E-state index in [9.17, 15) is 4.79 Å². The number of ether oxygens (including phenoxy) is 2. The van der Waals surface area contributed by atoms with Gasteiger partial charge >= 0.3 is 0 Å². The molecule has 0 radical (unpaired) electrons. The number of rotatable bonds is 8. The number of hydrogen-bond donors (Lipinski definition) is 2. The Morgan fingerprint density at radius 1 is 1.08 bits per heavy atom. The van der Waals surface area contributed by atoms with Crippen LogP contribution in [0.2, 0.25) is 0 Å². The van der Waals surface area contributed by atoms with Crippen molar-refractivity contribution in [3.8, 4) is 11.5 Å². The molecule has 0 saturated heterocycles. The minimum Gasteiger partial charge on any atom is -0.497 e. The van der Waals surface area contributed by atoms with Crippen LogP contribution in [0, 0.1) is 0 Å². The van der Waals surface area contributed by atoms with Gasteiger partial charge in [-0.1, -0.05) is 12.6 Å². The highest BCUT2D eigenvalue weighted by atomic mass is 16.5. The van der Waals surface area contributed by atoms with Gasteiger partial charge in [-0.15, -0.1) is 0 Å². The molecule has 0 saturated carbocycles. The SMILES string of the molecule is C=C(C)COc1ccc(NCC(=O)Nc2cccc(OC)c2)cc1. The average molecular weight is 326 g/mol. The Kier molecular flexibility index (Phi) is 6.25. The fourth-order valence-corrected chi connectivity index (χ4v) is 1.96. The topological polar surface area (TPSA) is 59.6 Å². The number of anilines is 2. The summed E-state index contributed by atoms with van der Waals surface area (Å²) in [6.07, 6.45) is 0. The summed E-state index contributed by atoms with van der Waals surface area (Å²) in [7, 11) is 1.59. The molecule has 2 rings (SSSR count). The Bertz CT molecular complexity index is 696. The number of benzene rings is 2. The third kappa shape index (κ3) is 5.68. The van der Waals surface area contributed by atoms with Crippen molar-refractivity contribution in [3.05, 3.63) is 60.7 Å². The lowest BCUT2D eigenvalue weighted by molar-refractivity contribution is -0.114. The maximum absolute atomic E-state index is 12.0. The maximum atomic E-state index is 12.0. The monoisotopic (exact) mass is 326 g/mol. The summed E-state index contributed by atoms with van der Waals surface area (Å²) in [6.45, 7) is 6.37. The van der Waals surface area contributed by atoms with Gasteiger partial charge in [0.05, 0.1) is 13.7 Å². The van der Waals surface area contributed by atoms with E-state index in [-0.39, 0.29) is 12.5 Å². The predicted molar refractivity (Wildman–Crippen MR) is 96.9 cm³/mol. The number of carbonyl (C=O) groups excluding carboxylic acids is 1. The third-order valence-electron chi connectivity index (χ3n) is 3.15. The molecule has 2 aromatic rings. The lowest BCUT2D eigenvalue weighted by Crippen LogP contribution is -2.21. The molecule has 0 aliphatic carbocycles. The highest BCUT2D eigenvalue weighted by Crippen LogP contribution is 2.17. The van der Waals surface area contributed by atoms with Crippen LogP contribution in [0.15, 0.2) is 60.7 Å². The van der Waals surface area contributed by atoms with Gasteiger partial charge in [-0.3, -0.25) is 4.79 Å². The molecule has 0 unspecified atom stereocenters. The number of hydrogen-bond acceptors (Lipinski definition) is 4. The standard InChI is InChI=1S/C19H22N2O3/c1-14(2)13-24-17-9-7-15(8-10-17)20-12-19(22)21-16-5-4-6-18(11-16)23-3/h4-11,20H,1,12-13H2,2-3H3,(H,21,22). The first kappa shape index (κ1) is 17.4. The van der Waals surface area contributed by atoms with E-state index in [2.05, 4.69) is 17.2 Å². The van der Waals surface area contributed by atoms with Gasteiger partial charge in [0.1, 0.15) is 18.1 Å². The molecule has 0 aromatic heterocycles. The Balaban J connectivity index is 1.81. The van der Waals surface area contributed by atoms with Gasteiger partial charge < -0.3 is 20.1 Å². The van der Waals surface area contributed by atoms with Gasteiger partial charge in [0.25, 0.3) is 0 Å². The van der Waals surface area contributed by atoms with Gasteiger partial charge in [-0.05, 0) is 48.9 Å². The van der Waals surface area contributed by atoms with Crippen LogP contribution >= 0.6 is 0 Å². The van der Waals surface area contributed by atoms with Crippen LogP contribution in [-0.2, 0) is 4.79 Å². The van der Waals surface area contributed by atoms with Crippen LogP contribution < -0.4 is 20.1 Å². The van der Waals surface area contributed by atoms with E-state index in [1.54, 1.807) is 13.2 Å². The molecular weight excluding hydrogens is 304 g/mol. The summed E-state index contributed by atoms with van der Waals surface area (Å²) in [5, 5.41) is 5.88. The van der Waals surface area contributed by atoms with E-state index in [4.69, 9.17) is 9.47 Å². The molecule has 5 nitrogen and oxygen atoms in total. The molecule has 2 N–H and O–H groups in total. The summed E-state index contributed by atoms with van der Waals surface area (Å²) in [6, 6.07) is 14.7. The minimum absolute atomic E-state index is 0.133. The molecule has 0 fully saturated rings. The van der Waals surface area contributed by atoms with Gasteiger partial charge in [0, 0.05) is 17.4 Å². The molecule has 2 aromatic carbocycles. The number of amides is 1. The Morgan fingerprint density at radius 2 is 1.83 bits per heavy atom. The van der Waals surface area contributed by atoms with Gasteiger partial charge in [0.15, 0.2) is 0 Å². The highest BCUT2D eigenvalue weighted by molar-refractivity contribution is 5.93. The first-order chi connectivity index (χ1) is 11.6. The molecule has 0 bridgehead atoms. The summed E-state index contributed by atoms with van der Waals surface area (Å²) in [5.74, 6) is 1.33. The molecule has 5 heteroatoms. The molecule has 1 amide bonds. The first-order valence-electron chi connectivity index (χ1n) is 7.62. The molecule has 126 valence electrons. The molecule has 0 aliphatic heterocycles. The smallest absolute Gasteiger partial charge is 0.243 e. The van der Waals surface area contributed by atoms with E-state index in [1.807, 2.05) is 49.4 Å². The van der Waals surface area contributed by atoms with Crippen molar-refractivity contribution in [1.29, 1.82) is 0 Å². The van der Waals surface area contributed by atoms with E-state index >= 15 is 0 Å². The second-order valence-electron chi connectivity index (χ2n) is 5.40. The average Bonchev–Trinajstić information content (AvgIpc) is 2.59. The Labute approximate surface area is 142 Å². The van der Waals surface area contributed by atoms with Gasteiger partial charge in [-0.2, -0.15) is 0 Å². The summed E-state index contributed by atoms with van der Waals surface area (Å²) in [4.78, 5) is 12.0. The lowest BCUT2D eigenvalue weighted by Gasteiger charge is -2.10. The van der Waals surface area contributed by atoms with Crippen molar-refractivity contribution >= 4 is 17.3 Å².